The summed E-state index contributed by atoms with van der Waals surface area (Å²) in [7, 11) is 2.09. The van der Waals surface area contributed by atoms with E-state index in [2.05, 4.69) is 18.9 Å². The molecular weight excluding hydrogens is 208 g/mol. The summed E-state index contributed by atoms with van der Waals surface area (Å²) in [4.78, 5) is 2.22. The van der Waals surface area contributed by atoms with E-state index in [1.54, 1.807) is 0 Å². The normalized spacial score (nSPS) is 12.5. The van der Waals surface area contributed by atoms with Gasteiger partial charge in [-0.15, -0.1) is 0 Å². The first kappa shape index (κ1) is 12.3. The molecule has 15 heavy (non-hydrogen) atoms. The van der Waals surface area contributed by atoms with Gasteiger partial charge in [0.2, 0.25) is 0 Å². The molecule has 0 aliphatic carbocycles. The largest absolute Gasteiger partial charge is 0.375 e. The van der Waals surface area contributed by atoms with Gasteiger partial charge in [-0.1, -0.05) is 18.5 Å². The Bertz CT molecular complexity index is 284. The zero-order valence-corrected chi connectivity index (χ0v) is 10.2. The minimum absolute atomic E-state index is 0.583. The van der Waals surface area contributed by atoms with Crippen molar-refractivity contribution >= 4 is 17.3 Å². The van der Waals surface area contributed by atoms with Gasteiger partial charge in [-0.25, -0.2) is 0 Å². The fourth-order valence-electron chi connectivity index (χ4n) is 1.36. The molecule has 0 saturated carbocycles. The molecule has 0 saturated heterocycles. The van der Waals surface area contributed by atoms with Gasteiger partial charge in [-0.2, -0.15) is 0 Å². The molecule has 1 unspecified atom stereocenters. The monoisotopic (exact) mass is 226 g/mol. The third kappa shape index (κ3) is 4.10. The predicted octanol–water partition coefficient (Wildman–Crippen LogP) is 2.76. The van der Waals surface area contributed by atoms with E-state index in [4.69, 9.17) is 17.3 Å². The zero-order valence-electron chi connectivity index (χ0n) is 9.41. The van der Waals surface area contributed by atoms with E-state index in [1.807, 2.05) is 24.3 Å². The molecule has 0 fully saturated rings. The summed E-state index contributed by atoms with van der Waals surface area (Å²) < 4.78 is 0. The molecule has 0 heterocycles. The van der Waals surface area contributed by atoms with Crippen molar-refractivity contribution < 1.29 is 0 Å². The minimum atomic E-state index is 0.583. The first-order valence-corrected chi connectivity index (χ1v) is 5.68. The summed E-state index contributed by atoms with van der Waals surface area (Å²) in [5.74, 6) is 0.583. The van der Waals surface area contributed by atoms with E-state index in [9.17, 15) is 0 Å². The summed E-state index contributed by atoms with van der Waals surface area (Å²) >= 11 is 5.83. The quantitative estimate of drug-likeness (QED) is 0.837. The molecule has 0 spiro atoms. The smallest absolute Gasteiger partial charge is 0.0407 e. The highest BCUT2D eigenvalue weighted by molar-refractivity contribution is 6.30. The lowest BCUT2D eigenvalue weighted by Crippen LogP contribution is -2.22. The molecule has 2 nitrogen and oxygen atoms in total. The molecule has 0 amide bonds. The topological polar surface area (TPSA) is 29.3 Å². The number of hydrogen-bond donors (Lipinski definition) is 1. The number of benzene rings is 1. The number of anilines is 1. The van der Waals surface area contributed by atoms with Gasteiger partial charge in [0.1, 0.15) is 0 Å². The van der Waals surface area contributed by atoms with Crippen molar-refractivity contribution in [1.29, 1.82) is 0 Å². The van der Waals surface area contributed by atoms with E-state index >= 15 is 0 Å². The second kappa shape index (κ2) is 5.99. The van der Waals surface area contributed by atoms with Crippen LogP contribution in [0.1, 0.15) is 13.3 Å². The maximum atomic E-state index is 5.83. The summed E-state index contributed by atoms with van der Waals surface area (Å²) in [5.41, 5.74) is 6.78. The predicted molar refractivity (Wildman–Crippen MR) is 67.6 cm³/mol. The van der Waals surface area contributed by atoms with Crippen molar-refractivity contribution in [3.63, 3.8) is 0 Å². The Hall–Kier alpha value is -0.730. The van der Waals surface area contributed by atoms with Crippen molar-refractivity contribution in [2.75, 3.05) is 25.0 Å². The van der Waals surface area contributed by atoms with Crippen LogP contribution in [0.4, 0.5) is 5.69 Å². The van der Waals surface area contributed by atoms with Crippen molar-refractivity contribution in [1.82, 2.24) is 0 Å². The molecule has 0 bridgehead atoms. The molecule has 0 aliphatic heterocycles. The first-order valence-electron chi connectivity index (χ1n) is 5.30. The van der Waals surface area contributed by atoms with Gasteiger partial charge in [0.05, 0.1) is 0 Å². The molecule has 0 radical (unpaired) electrons. The van der Waals surface area contributed by atoms with Crippen LogP contribution in [0.5, 0.6) is 0 Å². The fraction of sp³-hybridized carbons (Fsp3) is 0.500. The first-order chi connectivity index (χ1) is 7.13. The van der Waals surface area contributed by atoms with Crippen LogP contribution in [-0.4, -0.2) is 20.1 Å². The second-order valence-electron chi connectivity index (χ2n) is 4.03. The molecule has 1 rings (SSSR count). The van der Waals surface area contributed by atoms with Gasteiger partial charge < -0.3 is 10.6 Å². The summed E-state index contributed by atoms with van der Waals surface area (Å²) in [6, 6.07) is 7.91. The van der Waals surface area contributed by atoms with Crippen LogP contribution in [0.15, 0.2) is 24.3 Å². The molecule has 0 aliphatic rings. The summed E-state index contributed by atoms with van der Waals surface area (Å²) in [5, 5.41) is 0.780. The molecule has 1 atom stereocenters. The van der Waals surface area contributed by atoms with Crippen LogP contribution in [0.3, 0.4) is 0 Å². The highest BCUT2D eigenvalue weighted by Crippen LogP contribution is 2.17. The van der Waals surface area contributed by atoms with Crippen molar-refractivity contribution in [3.8, 4) is 0 Å². The number of nitrogens with zero attached hydrogens (tertiary/aromatic N) is 1. The van der Waals surface area contributed by atoms with Gasteiger partial charge in [-0.05, 0) is 43.1 Å². The van der Waals surface area contributed by atoms with Gasteiger partial charge in [0.15, 0.2) is 0 Å². The second-order valence-corrected chi connectivity index (χ2v) is 4.46. The van der Waals surface area contributed by atoms with Crippen LogP contribution < -0.4 is 10.6 Å². The van der Waals surface area contributed by atoms with E-state index < -0.39 is 0 Å². The Morgan fingerprint density at radius 2 is 1.93 bits per heavy atom. The Kier molecular flexibility index (Phi) is 4.92. The van der Waals surface area contributed by atoms with Crippen LogP contribution >= 0.6 is 11.6 Å². The molecule has 1 aromatic rings. The third-order valence-corrected chi connectivity index (χ3v) is 2.88. The molecule has 2 N–H and O–H groups in total. The lowest BCUT2D eigenvalue weighted by molar-refractivity contribution is 0.545. The van der Waals surface area contributed by atoms with Gasteiger partial charge in [0, 0.05) is 24.3 Å². The average Bonchev–Trinajstić information content (AvgIpc) is 2.26. The van der Waals surface area contributed by atoms with Crippen molar-refractivity contribution in [2.45, 2.75) is 13.3 Å². The zero-order chi connectivity index (χ0) is 11.3. The maximum Gasteiger partial charge on any atom is 0.0407 e. The number of nitrogens with two attached hydrogens (primary N) is 1. The van der Waals surface area contributed by atoms with Crippen molar-refractivity contribution in [2.24, 2.45) is 11.7 Å². The number of halogens is 1. The van der Waals surface area contributed by atoms with Crippen LogP contribution in [0, 0.1) is 5.92 Å². The minimum Gasteiger partial charge on any atom is -0.375 e. The van der Waals surface area contributed by atoms with Gasteiger partial charge in [0.25, 0.3) is 0 Å². The van der Waals surface area contributed by atoms with E-state index in [0.717, 1.165) is 24.5 Å². The Labute approximate surface area is 97.0 Å². The highest BCUT2D eigenvalue weighted by atomic mass is 35.5. The Balaban J connectivity index is 2.46. The molecule has 84 valence electrons. The lowest BCUT2D eigenvalue weighted by atomic mass is 10.1. The Morgan fingerprint density at radius 3 is 2.47 bits per heavy atom. The van der Waals surface area contributed by atoms with Crippen LogP contribution in [0.25, 0.3) is 0 Å². The molecule has 3 heteroatoms. The highest BCUT2D eigenvalue weighted by Gasteiger charge is 2.03. The SMILES string of the molecule is CC(CN)CCN(C)c1ccc(Cl)cc1. The van der Waals surface area contributed by atoms with E-state index in [-0.39, 0.29) is 0 Å². The third-order valence-electron chi connectivity index (χ3n) is 2.63. The summed E-state index contributed by atoms with van der Waals surface area (Å²) in [6.07, 6.45) is 1.12. The lowest BCUT2D eigenvalue weighted by Gasteiger charge is -2.21. The Morgan fingerprint density at radius 1 is 1.33 bits per heavy atom. The molecular formula is C12H19ClN2. The van der Waals surface area contributed by atoms with Crippen molar-refractivity contribution in [3.05, 3.63) is 29.3 Å². The van der Waals surface area contributed by atoms with E-state index in [1.165, 1.54) is 5.69 Å². The molecule has 1 aromatic carbocycles. The van der Waals surface area contributed by atoms with Gasteiger partial charge >= 0.3 is 0 Å². The summed E-state index contributed by atoms with van der Waals surface area (Å²) in [6.45, 7) is 3.96. The standard InChI is InChI=1S/C12H19ClN2/c1-10(9-14)7-8-15(2)12-5-3-11(13)4-6-12/h3-6,10H,7-9,14H2,1-2H3. The fourth-order valence-corrected chi connectivity index (χ4v) is 1.48. The molecule has 0 aromatic heterocycles. The number of hydrogen-bond acceptors (Lipinski definition) is 2. The van der Waals surface area contributed by atoms with Crippen LogP contribution in [0.2, 0.25) is 5.02 Å². The number of rotatable bonds is 5. The maximum absolute atomic E-state index is 5.83. The van der Waals surface area contributed by atoms with Crippen LogP contribution in [-0.2, 0) is 0 Å². The van der Waals surface area contributed by atoms with E-state index in [0.29, 0.717) is 5.92 Å². The average molecular weight is 227 g/mol. The van der Waals surface area contributed by atoms with Gasteiger partial charge in [-0.3, -0.25) is 0 Å².